The average Bonchev–Trinajstić information content (AvgIpc) is 3.30. The van der Waals surface area contributed by atoms with Crippen molar-refractivity contribution in [1.82, 2.24) is 4.98 Å². The number of hydrogen-bond donors (Lipinski definition) is 1. The molecule has 1 unspecified atom stereocenters. The highest BCUT2D eigenvalue weighted by atomic mass is 32.2. The van der Waals surface area contributed by atoms with Crippen LogP contribution >= 0.6 is 34.4 Å². The van der Waals surface area contributed by atoms with E-state index >= 15 is 0 Å². The molecule has 3 rings (SSSR count). The number of ether oxygens (including phenoxy) is 2. The minimum atomic E-state index is -0.374. The molecular weight excluding hydrogens is 456 g/mol. The molecule has 0 saturated carbocycles. The van der Waals surface area contributed by atoms with Gasteiger partial charge in [0.1, 0.15) is 5.00 Å². The number of nitrogens with zero attached hydrogens (tertiary/aromatic N) is 1. The monoisotopic (exact) mass is 482 g/mol. The molecule has 7 nitrogen and oxygen atoms in total. The number of nitrogens with one attached hydrogen (secondary N) is 1. The van der Waals surface area contributed by atoms with Crippen molar-refractivity contribution in [1.29, 1.82) is 0 Å². The van der Waals surface area contributed by atoms with Crippen molar-refractivity contribution in [3.63, 3.8) is 0 Å². The van der Waals surface area contributed by atoms with Gasteiger partial charge in [-0.3, -0.25) is 9.59 Å². The predicted octanol–water partition coefficient (Wildman–Crippen LogP) is 4.34. The summed E-state index contributed by atoms with van der Waals surface area (Å²) in [6.07, 6.45) is 2.89. The summed E-state index contributed by atoms with van der Waals surface area (Å²) in [4.78, 5) is 42.2. The molecule has 0 aliphatic heterocycles. The molecule has 10 heteroatoms. The highest BCUT2D eigenvalue weighted by Gasteiger charge is 2.29. The van der Waals surface area contributed by atoms with E-state index in [1.807, 2.05) is 0 Å². The van der Waals surface area contributed by atoms with Gasteiger partial charge in [-0.15, -0.1) is 22.7 Å². The first-order chi connectivity index (χ1) is 14.9. The smallest absolute Gasteiger partial charge is 0.341 e. The molecule has 1 N–H and O–H groups in total. The summed E-state index contributed by atoms with van der Waals surface area (Å²) in [6.45, 7) is 6.37. The van der Waals surface area contributed by atoms with Crippen molar-refractivity contribution in [2.75, 3.05) is 24.3 Å². The Morgan fingerprint density at radius 3 is 2.77 bits per heavy atom. The number of fused-ring (bicyclic) bond motifs is 1. The maximum Gasteiger partial charge on any atom is 0.341 e. The van der Waals surface area contributed by atoms with Crippen molar-refractivity contribution in [3.05, 3.63) is 27.1 Å². The fourth-order valence-electron chi connectivity index (χ4n) is 3.34. The quantitative estimate of drug-likeness (QED) is 0.420. The predicted molar refractivity (Wildman–Crippen MR) is 123 cm³/mol. The topological polar surface area (TPSA) is 94.6 Å². The lowest BCUT2D eigenvalue weighted by atomic mass is 9.88. The summed E-state index contributed by atoms with van der Waals surface area (Å²) in [5, 5.41) is 5.28. The third-order valence-corrected chi connectivity index (χ3v) is 7.97. The average molecular weight is 483 g/mol. The second kappa shape index (κ2) is 11.1. The maximum absolute atomic E-state index is 12.6. The molecule has 0 fully saturated rings. The number of carbonyl (C=O) groups excluding carboxylic acids is 3. The first-order valence-corrected chi connectivity index (χ1v) is 12.9. The third-order valence-electron chi connectivity index (χ3n) is 4.73. The van der Waals surface area contributed by atoms with Gasteiger partial charge >= 0.3 is 11.9 Å². The molecule has 2 aromatic rings. The molecule has 2 heterocycles. The Morgan fingerprint density at radius 2 is 2.03 bits per heavy atom. The van der Waals surface area contributed by atoms with E-state index in [2.05, 4.69) is 17.2 Å². The van der Waals surface area contributed by atoms with Crippen LogP contribution in [0.25, 0.3) is 0 Å². The lowest BCUT2D eigenvalue weighted by molar-refractivity contribution is -0.142. The highest BCUT2D eigenvalue weighted by molar-refractivity contribution is 8.01. The van der Waals surface area contributed by atoms with Crippen LogP contribution in [-0.4, -0.2) is 41.8 Å². The molecule has 31 heavy (non-hydrogen) atoms. The fraction of sp³-hybridized carbons (Fsp3) is 0.524. The molecule has 168 valence electrons. The van der Waals surface area contributed by atoms with E-state index in [1.165, 1.54) is 34.4 Å². The van der Waals surface area contributed by atoms with Crippen LogP contribution in [0.5, 0.6) is 0 Å². The Morgan fingerprint density at radius 1 is 1.26 bits per heavy atom. The Kier molecular flexibility index (Phi) is 8.50. The van der Waals surface area contributed by atoms with Crippen molar-refractivity contribution >= 4 is 57.3 Å². The second-order valence-corrected chi connectivity index (χ2v) is 10.4. The molecule has 0 saturated heterocycles. The van der Waals surface area contributed by atoms with E-state index in [0.717, 1.165) is 29.7 Å². The molecule has 1 aliphatic carbocycles. The van der Waals surface area contributed by atoms with Crippen LogP contribution in [0.2, 0.25) is 0 Å². The zero-order valence-corrected chi connectivity index (χ0v) is 20.3. The van der Waals surface area contributed by atoms with Crippen LogP contribution in [0, 0.1) is 5.92 Å². The van der Waals surface area contributed by atoms with E-state index < -0.39 is 0 Å². The first-order valence-electron chi connectivity index (χ1n) is 10.3. The summed E-state index contributed by atoms with van der Waals surface area (Å²) in [5.41, 5.74) is 2.17. The van der Waals surface area contributed by atoms with E-state index in [0.29, 0.717) is 39.7 Å². The van der Waals surface area contributed by atoms with Crippen LogP contribution < -0.4 is 5.32 Å². The third kappa shape index (κ3) is 6.30. The van der Waals surface area contributed by atoms with Crippen molar-refractivity contribution < 1.29 is 23.9 Å². The number of carbonyl (C=O) groups is 3. The molecule has 0 spiro atoms. The molecule has 2 aromatic heterocycles. The molecule has 0 bridgehead atoms. The van der Waals surface area contributed by atoms with Crippen LogP contribution in [0.4, 0.5) is 5.00 Å². The van der Waals surface area contributed by atoms with Gasteiger partial charge in [-0.2, -0.15) is 0 Å². The van der Waals surface area contributed by atoms with Gasteiger partial charge in [-0.05, 0) is 44.6 Å². The van der Waals surface area contributed by atoms with Gasteiger partial charge < -0.3 is 14.8 Å². The molecule has 0 radical (unpaired) electrons. The number of thioether (sulfide) groups is 1. The number of amides is 1. The Labute approximate surface area is 193 Å². The number of rotatable bonds is 9. The van der Waals surface area contributed by atoms with Gasteiger partial charge in [0, 0.05) is 10.3 Å². The highest BCUT2D eigenvalue weighted by Crippen LogP contribution is 2.40. The molecule has 0 aromatic carbocycles. The number of hydrogen-bond acceptors (Lipinski definition) is 9. The van der Waals surface area contributed by atoms with E-state index in [9.17, 15) is 14.4 Å². The van der Waals surface area contributed by atoms with Gasteiger partial charge in [0.15, 0.2) is 4.34 Å². The summed E-state index contributed by atoms with van der Waals surface area (Å²) in [6, 6.07) is 0. The van der Waals surface area contributed by atoms with Gasteiger partial charge in [0.2, 0.25) is 5.91 Å². The summed E-state index contributed by atoms with van der Waals surface area (Å²) in [7, 11) is 0. The number of thiophene rings is 1. The number of anilines is 1. The van der Waals surface area contributed by atoms with Crippen LogP contribution in [0.15, 0.2) is 9.72 Å². The Hall–Kier alpha value is -1.91. The fourth-order valence-corrected chi connectivity index (χ4v) is 6.40. The number of esters is 2. The van der Waals surface area contributed by atoms with Gasteiger partial charge in [0.05, 0.1) is 36.6 Å². The van der Waals surface area contributed by atoms with Gasteiger partial charge in [-0.25, -0.2) is 9.78 Å². The van der Waals surface area contributed by atoms with Crippen LogP contribution in [0.1, 0.15) is 53.7 Å². The van der Waals surface area contributed by atoms with Crippen molar-refractivity contribution in [2.24, 2.45) is 5.92 Å². The molecule has 1 amide bonds. The van der Waals surface area contributed by atoms with E-state index in [4.69, 9.17) is 9.47 Å². The summed E-state index contributed by atoms with van der Waals surface area (Å²) >= 11 is 4.17. The molecule has 1 atom stereocenters. The zero-order valence-electron chi connectivity index (χ0n) is 17.8. The van der Waals surface area contributed by atoms with Crippen molar-refractivity contribution in [2.45, 2.75) is 50.8 Å². The summed E-state index contributed by atoms with van der Waals surface area (Å²) < 4.78 is 10.9. The first kappa shape index (κ1) is 23.7. The minimum Gasteiger partial charge on any atom is -0.466 e. The minimum absolute atomic E-state index is 0.124. The van der Waals surface area contributed by atoms with Crippen LogP contribution in [0.3, 0.4) is 0 Å². The second-order valence-electron chi connectivity index (χ2n) is 7.20. The molecule has 1 aliphatic rings. The lowest BCUT2D eigenvalue weighted by Crippen LogP contribution is -2.17. The maximum atomic E-state index is 12.6. The van der Waals surface area contributed by atoms with Crippen LogP contribution in [-0.2, 0) is 38.3 Å². The zero-order chi connectivity index (χ0) is 22.4. The van der Waals surface area contributed by atoms with E-state index in [-0.39, 0.29) is 30.0 Å². The standard InChI is InChI=1S/C21H26N2O5S3/c1-4-27-17(25)9-13-10-29-21(22-13)30-11-16(24)23-19-18(20(26)28-5-2)14-7-6-12(3)8-15(14)31-19/h10,12H,4-9,11H2,1-3H3,(H,23,24). The normalized spacial score (nSPS) is 15.3. The number of thiazole rings is 1. The Bertz CT molecular complexity index is 953. The molecular formula is C21H26N2O5S3. The SMILES string of the molecule is CCOC(=O)Cc1csc(SCC(=O)Nc2sc3c(c2C(=O)OCC)CCC(C)C3)n1. The lowest BCUT2D eigenvalue weighted by Gasteiger charge is -2.18. The Balaban J connectivity index is 1.63. The van der Waals surface area contributed by atoms with Crippen molar-refractivity contribution in [3.8, 4) is 0 Å². The largest absolute Gasteiger partial charge is 0.466 e. The summed E-state index contributed by atoms with van der Waals surface area (Å²) in [5.74, 6) is -0.169. The van der Waals surface area contributed by atoms with Gasteiger partial charge in [-0.1, -0.05) is 18.7 Å². The number of aromatic nitrogens is 1. The van der Waals surface area contributed by atoms with E-state index in [1.54, 1.807) is 19.2 Å². The van der Waals surface area contributed by atoms with Gasteiger partial charge in [0.25, 0.3) is 0 Å².